The van der Waals surface area contributed by atoms with Crippen LogP contribution in [0.15, 0.2) is 42.9 Å². The Morgan fingerprint density at radius 1 is 1.00 bits per heavy atom. The Balaban J connectivity index is 1.44. The highest BCUT2D eigenvalue weighted by Gasteiger charge is 2.22. The molecule has 0 spiro atoms. The molecule has 30 heavy (non-hydrogen) atoms. The van der Waals surface area contributed by atoms with Crippen molar-refractivity contribution in [3.63, 3.8) is 0 Å². The van der Waals surface area contributed by atoms with Gasteiger partial charge in [0.1, 0.15) is 5.69 Å². The van der Waals surface area contributed by atoms with Crippen LogP contribution in [0.2, 0.25) is 0 Å². The summed E-state index contributed by atoms with van der Waals surface area (Å²) in [7, 11) is 1.71. The van der Waals surface area contributed by atoms with Crippen molar-refractivity contribution in [2.45, 2.75) is 33.5 Å². The zero-order chi connectivity index (χ0) is 20.9. The lowest BCUT2D eigenvalue weighted by Gasteiger charge is -2.35. The monoisotopic (exact) mass is 406 g/mol. The molecule has 0 radical (unpaired) electrons. The molecule has 0 amide bonds. The Morgan fingerprint density at radius 2 is 1.73 bits per heavy atom. The third-order valence-electron chi connectivity index (χ3n) is 5.79. The lowest BCUT2D eigenvalue weighted by atomic mass is 10.1. The van der Waals surface area contributed by atoms with Crippen LogP contribution in [0.3, 0.4) is 0 Å². The van der Waals surface area contributed by atoms with E-state index in [1.165, 1.54) is 11.3 Å². The molecule has 7 heteroatoms. The van der Waals surface area contributed by atoms with Gasteiger partial charge in [0.15, 0.2) is 5.82 Å². The van der Waals surface area contributed by atoms with Crippen LogP contribution in [0, 0.1) is 6.92 Å². The standard InChI is InChI=1S/C23H30N6O/c1-4-29-18(2)21(15-26-29)16-27-11-13-28(14-12-27)23-22(24-9-10-25-23)20-7-5-19(6-8-20)17-30-3/h5-10,15H,4,11-14,16-17H2,1-3H3. The van der Waals surface area contributed by atoms with Gasteiger partial charge in [-0.05, 0) is 19.4 Å². The van der Waals surface area contributed by atoms with E-state index in [0.717, 1.165) is 61.9 Å². The van der Waals surface area contributed by atoms with Crippen molar-refractivity contribution in [1.82, 2.24) is 24.6 Å². The highest BCUT2D eigenvalue weighted by molar-refractivity contribution is 5.72. The van der Waals surface area contributed by atoms with Gasteiger partial charge in [0.05, 0.1) is 12.8 Å². The molecule has 0 atom stereocenters. The van der Waals surface area contributed by atoms with Crippen LogP contribution in [0.4, 0.5) is 5.82 Å². The van der Waals surface area contributed by atoms with Crippen LogP contribution in [0.1, 0.15) is 23.7 Å². The second-order valence-corrected chi connectivity index (χ2v) is 7.69. The first-order valence-corrected chi connectivity index (χ1v) is 10.6. The van der Waals surface area contributed by atoms with Crippen LogP contribution < -0.4 is 4.90 Å². The molecule has 1 saturated heterocycles. The van der Waals surface area contributed by atoms with Crippen molar-refractivity contribution in [2.24, 2.45) is 0 Å². The number of hydrogen-bond donors (Lipinski definition) is 0. The number of aryl methyl sites for hydroxylation is 1. The van der Waals surface area contributed by atoms with Gasteiger partial charge in [-0.15, -0.1) is 0 Å². The molecule has 1 fully saturated rings. The molecule has 0 N–H and O–H groups in total. The number of piperazine rings is 1. The summed E-state index contributed by atoms with van der Waals surface area (Å²) in [6.45, 7) is 10.7. The van der Waals surface area contributed by atoms with Gasteiger partial charge in [0.25, 0.3) is 0 Å². The molecule has 1 aliphatic heterocycles. The number of hydrogen-bond acceptors (Lipinski definition) is 6. The first-order chi connectivity index (χ1) is 14.7. The van der Waals surface area contributed by atoms with Gasteiger partial charge >= 0.3 is 0 Å². The fourth-order valence-electron chi connectivity index (χ4n) is 4.01. The summed E-state index contributed by atoms with van der Waals surface area (Å²) in [4.78, 5) is 14.2. The number of ether oxygens (including phenoxy) is 1. The topological polar surface area (TPSA) is 59.3 Å². The molecule has 2 aromatic heterocycles. The number of rotatable bonds is 7. The molecule has 158 valence electrons. The number of nitrogens with zero attached hydrogens (tertiary/aromatic N) is 6. The van der Waals surface area contributed by atoms with E-state index in [0.29, 0.717) is 6.61 Å². The molecule has 4 rings (SSSR count). The molecule has 3 aromatic rings. The summed E-state index contributed by atoms with van der Waals surface area (Å²) in [6, 6.07) is 8.39. The van der Waals surface area contributed by atoms with E-state index in [-0.39, 0.29) is 0 Å². The van der Waals surface area contributed by atoms with Gasteiger partial charge in [-0.2, -0.15) is 5.10 Å². The Labute approximate surface area is 178 Å². The molecular formula is C23H30N6O. The highest BCUT2D eigenvalue weighted by Crippen LogP contribution is 2.28. The molecule has 3 heterocycles. The minimum absolute atomic E-state index is 0.617. The van der Waals surface area contributed by atoms with Crippen LogP contribution >= 0.6 is 0 Å². The van der Waals surface area contributed by atoms with Crippen LogP contribution in [0.25, 0.3) is 11.3 Å². The second-order valence-electron chi connectivity index (χ2n) is 7.69. The fraction of sp³-hybridized carbons (Fsp3) is 0.435. The third kappa shape index (κ3) is 4.37. The molecule has 1 aromatic carbocycles. The maximum atomic E-state index is 5.21. The van der Waals surface area contributed by atoms with E-state index in [2.05, 4.69) is 67.7 Å². The Kier molecular flexibility index (Phi) is 6.40. The van der Waals surface area contributed by atoms with E-state index in [1.54, 1.807) is 19.5 Å². The second kappa shape index (κ2) is 9.36. The van der Waals surface area contributed by atoms with Gasteiger partial charge in [-0.1, -0.05) is 24.3 Å². The van der Waals surface area contributed by atoms with Crippen molar-refractivity contribution < 1.29 is 4.74 Å². The minimum Gasteiger partial charge on any atom is -0.380 e. The molecule has 1 aliphatic rings. The van der Waals surface area contributed by atoms with Gasteiger partial charge < -0.3 is 9.64 Å². The maximum absolute atomic E-state index is 5.21. The van der Waals surface area contributed by atoms with Gasteiger partial charge in [0, 0.05) is 75.6 Å². The SMILES string of the molecule is CCn1ncc(CN2CCN(c3nccnc3-c3ccc(COC)cc3)CC2)c1C. The number of anilines is 1. The Bertz CT molecular complexity index is 960. The van der Waals surface area contributed by atoms with Gasteiger partial charge in [0.2, 0.25) is 0 Å². The molecule has 0 unspecified atom stereocenters. The van der Waals surface area contributed by atoms with Crippen LogP contribution in [-0.2, 0) is 24.4 Å². The van der Waals surface area contributed by atoms with Crippen molar-refractivity contribution in [3.8, 4) is 11.3 Å². The van der Waals surface area contributed by atoms with Crippen molar-refractivity contribution in [1.29, 1.82) is 0 Å². The van der Waals surface area contributed by atoms with E-state index in [1.807, 2.05) is 6.20 Å². The summed E-state index contributed by atoms with van der Waals surface area (Å²) < 4.78 is 7.28. The van der Waals surface area contributed by atoms with E-state index >= 15 is 0 Å². The molecule has 0 saturated carbocycles. The van der Waals surface area contributed by atoms with Crippen molar-refractivity contribution in [2.75, 3.05) is 38.2 Å². The van der Waals surface area contributed by atoms with E-state index in [4.69, 9.17) is 4.74 Å². The fourth-order valence-corrected chi connectivity index (χ4v) is 4.01. The summed E-state index contributed by atoms with van der Waals surface area (Å²) in [6.07, 6.45) is 5.57. The molecule has 7 nitrogen and oxygen atoms in total. The van der Waals surface area contributed by atoms with Gasteiger partial charge in [-0.25, -0.2) is 4.98 Å². The number of benzene rings is 1. The van der Waals surface area contributed by atoms with Crippen LogP contribution in [-0.4, -0.2) is 57.9 Å². The number of aromatic nitrogens is 4. The normalized spacial score (nSPS) is 15.0. The summed E-state index contributed by atoms with van der Waals surface area (Å²) in [5.74, 6) is 0.964. The van der Waals surface area contributed by atoms with E-state index in [9.17, 15) is 0 Å². The first-order valence-electron chi connectivity index (χ1n) is 10.6. The zero-order valence-electron chi connectivity index (χ0n) is 18.1. The Morgan fingerprint density at radius 3 is 2.40 bits per heavy atom. The predicted molar refractivity (Wildman–Crippen MR) is 118 cm³/mol. The van der Waals surface area contributed by atoms with E-state index < -0.39 is 0 Å². The summed E-state index contributed by atoms with van der Waals surface area (Å²) >= 11 is 0. The predicted octanol–water partition coefficient (Wildman–Crippen LogP) is 3.14. The lowest BCUT2D eigenvalue weighted by Crippen LogP contribution is -2.46. The maximum Gasteiger partial charge on any atom is 0.155 e. The minimum atomic E-state index is 0.617. The summed E-state index contributed by atoms with van der Waals surface area (Å²) in [5, 5.41) is 4.48. The number of methoxy groups -OCH3 is 1. The van der Waals surface area contributed by atoms with Gasteiger partial charge in [-0.3, -0.25) is 14.6 Å². The lowest BCUT2D eigenvalue weighted by molar-refractivity contribution is 0.185. The smallest absolute Gasteiger partial charge is 0.155 e. The van der Waals surface area contributed by atoms with Crippen LogP contribution in [0.5, 0.6) is 0 Å². The zero-order valence-corrected chi connectivity index (χ0v) is 18.1. The summed E-state index contributed by atoms with van der Waals surface area (Å²) in [5.41, 5.74) is 5.77. The van der Waals surface area contributed by atoms with Crippen molar-refractivity contribution >= 4 is 5.82 Å². The first kappa shape index (κ1) is 20.5. The highest BCUT2D eigenvalue weighted by atomic mass is 16.5. The average molecular weight is 407 g/mol. The average Bonchev–Trinajstić information content (AvgIpc) is 3.14. The largest absolute Gasteiger partial charge is 0.380 e. The molecule has 0 aliphatic carbocycles. The molecular weight excluding hydrogens is 376 g/mol. The Hall–Kier alpha value is -2.77. The van der Waals surface area contributed by atoms with Crippen molar-refractivity contribution in [3.05, 3.63) is 59.7 Å². The third-order valence-corrected chi connectivity index (χ3v) is 5.79. The quantitative estimate of drug-likeness (QED) is 0.601. The molecule has 0 bridgehead atoms.